The van der Waals surface area contributed by atoms with Crippen LogP contribution in [0.25, 0.3) is 55.7 Å². The molecule has 2 aromatic carbocycles. The molecule has 0 fully saturated rings. The third-order valence-electron chi connectivity index (χ3n) is 9.50. The molecule has 0 saturated carbocycles. The molecule has 1 radical (unpaired) electrons. The predicted molar refractivity (Wildman–Crippen MR) is 201 cm³/mol. The van der Waals surface area contributed by atoms with Crippen molar-refractivity contribution in [2.75, 3.05) is 0 Å². The number of aryl methyl sites for hydroxylation is 4. The number of fused-ring (bicyclic) bond motifs is 4. The Morgan fingerprint density at radius 3 is 2.41 bits per heavy atom. The molecule has 5 heterocycles. The van der Waals surface area contributed by atoms with Gasteiger partial charge in [-0.3, -0.25) is 9.97 Å². The first kappa shape index (κ1) is 36.6. The van der Waals surface area contributed by atoms with Gasteiger partial charge in [0.25, 0.3) is 0 Å². The zero-order chi connectivity index (χ0) is 34.4. The van der Waals surface area contributed by atoms with Crippen LogP contribution in [0.3, 0.4) is 0 Å². The molecule has 0 unspecified atom stereocenters. The van der Waals surface area contributed by atoms with Crippen molar-refractivity contribution in [2.45, 2.75) is 71.7 Å². The molecule has 0 N–H and O–H groups in total. The monoisotopic (exact) mass is 890 g/mol. The largest absolute Gasteiger partial charge is 0.486 e. The minimum absolute atomic E-state index is 0. The Morgan fingerprint density at radius 2 is 1.73 bits per heavy atom. The van der Waals surface area contributed by atoms with E-state index in [1.54, 1.807) is 10.6 Å². The number of benzene rings is 2. The van der Waals surface area contributed by atoms with Crippen LogP contribution in [0.1, 0.15) is 49.6 Å². The molecule has 0 saturated heterocycles. The van der Waals surface area contributed by atoms with E-state index in [0.717, 1.165) is 73.3 Å². The standard InChI is InChI=1S/C21H17N4O.C20H28GeN.Ir/c1-11-5-6-14(20-24-16-7-8-22-10-17(16)25(20)4)19-18(11)15-9-12(2)13(3)23-21(15)26-19;1-7-20(2,3)14-17-13-19(16-11-9-8-10-12-16)22-15-18(17)21(4,5)6;/h5,7-10H,1-4H3;8-11,13,15H,7,14H2,1-6H3;/q2*-1;. The molecule has 0 aliphatic rings. The zero-order valence-electron chi connectivity index (χ0n) is 30.2. The van der Waals surface area contributed by atoms with Crippen LogP contribution in [-0.2, 0) is 33.6 Å². The molecular formula is C41H45GeIrN5O-2. The zero-order valence-corrected chi connectivity index (χ0v) is 34.7. The van der Waals surface area contributed by atoms with Crippen LogP contribution in [0, 0.1) is 38.3 Å². The van der Waals surface area contributed by atoms with Crippen LogP contribution in [0.5, 0.6) is 0 Å². The molecule has 0 bridgehead atoms. The number of furan rings is 1. The number of imidazole rings is 1. The Kier molecular flexibility index (Phi) is 10.7. The minimum Gasteiger partial charge on any atom is -0.486 e. The van der Waals surface area contributed by atoms with Gasteiger partial charge in [-0.2, -0.15) is 0 Å². The van der Waals surface area contributed by atoms with Gasteiger partial charge in [-0.05, 0) is 31.5 Å². The minimum atomic E-state index is -1.91. The molecule has 7 aromatic rings. The van der Waals surface area contributed by atoms with Gasteiger partial charge in [0.15, 0.2) is 0 Å². The Balaban J connectivity index is 0.000000190. The van der Waals surface area contributed by atoms with E-state index >= 15 is 0 Å². The molecule has 0 spiro atoms. The van der Waals surface area contributed by atoms with Crippen molar-refractivity contribution in [3.63, 3.8) is 0 Å². The van der Waals surface area contributed by atoms with Crippen molar-refractivity contribution < 1.29 is 24.5 Å². The van der Waals surface area contributed by atoms with E-state index in [4.69, 9.17) is 14.4 Å². The predicted octanol–water partition coefficient (Wildman–Crippen LogP) is 9.73. The second-order valence-electron chi connectivity index (χ2n) is 14.7. The fourth-order valence-electron chi connectivity index (χ4n) is 6.18. The van der Waals surface area contributed by atoms with Crippen molar-refractivity contribution in [1.82, 2.24) is 24.5 Å². The number of nitrogens with zero attached hydrogens (tertiary/aromatic N) is 5. The third kappa shape index (κ3) is 7.45. The summed E-state index contributed by atoms with van der Waals surface area (Å²) in [4.78, 5) is 18.4. The smallest absolute Gasteiger partial charge is 0.216 e. The number of aromatic nitrogens is 5. The molecule has 0 aliphatic heterocycles. The first-order valence-corrected chi connectivity index (χ1v) is 24.1. The fraction of sp³-hybridized carbons (Fsp3) is 0.317. The second-order valence-corrected chi connectivity index (χ2v) is 25.3. The summed E-state index contributed by atoms with van der Waals surface area (Å²) in [6.45, 7) is 13.2. The van der Waals surface area contributed by atoms with Gasteiger partial charge in [-0.1, -0.05) is 17.9 Å². The van der Waals surface area contributed by atoms with Gasteiger partial charge in [0.2, 0.25) is 5.71 Å². The van der Waals surface area contributed by atoms with Crippen molar-refractivity contribution in [3.05, 3.63) is 102 Å². The first-order valence-electron chi connectivity index (χ1n) is 16.7. The number of hydrogen-bond acceptors (Lipinski definition) is 5. The summed E-state index contributed by atoms with van der Waals surface area (Å²) >= 11 is -1.91. The summed E-state index contributed by atoms with van der Waals surface area (Å²) in [5.74, 6) is 8.17. The van der Waals surface area contributed by atoms with Crippen LogP contribution < -0.4 is 4.40 Å². The summed E-state index contributed by atoms with van der Waals surface area (Å²) in [5, 5.41) is 2.12. The molecule has 49 heavy (non-hydrogen) atoms. The fourth-order valence-corrected chi connectivity index (χ4v) is 9.49. The van der Waals surface area contributed by atoms with Crippen molar-refractivity contribution in [3.8, 4) is 22.6 Å². The molecule has 8 heteroatoms. The molecule has 0 atom stereocenters. The summed E-state index contributed by atoms with van der Waals surface area (Å²) in [5.41, 5.74) is 11.4. The molecule has 0 amide bonds. The van der Waals surface area contributed by atoms with E-state index < -0.39 is 13.3 Å². The SMILES string of the molecule is CCC(C)(C)Cc1cc(-c2[c-]cccc2)nc[c]1[Ge]([CH3])([CH3])[CH3].Cc1cc2c(nc1C)oc1c(-c3nc4ccncc4n3C)[c-]cc(C)c12.[Ir]. The maximum atomic E-state index is 6.19. The van der Waals surface area contributed by atoms with E-state index in [-0.39, 0.29) is 20.1 Å². The van der Waals surface area contributed by atoms with Gasteiger partial charge in [0, 0.05) is 44.4 Å². The number of pyridine rings is 3. The molecule has 0 aliphatic carbocycles. The molecule has 6 nitrogen and oxygen atoms in total. The van der Waals surface area contributed by atoms with E-state index in [1.165, 1.54) is 12.0 Å². The quantitative estimate of drug-likeness (QED) is 0.123. The molecular weight excluding hydrogens is 843 g/mol. The maximum absolute atomic E-state index is 6.19. The maximum Gasteiger partial charge on any atom is 0.216 e. The van der Waals surface area contributed by atoms with Crippen LogP contribution in [0.4, 0.5) is 0 Å². The summed E-state index contributed by atoms with van der Waals surface area (Å²) in [6, 6.07) is 23.2. The van der Waals surface area contributed by atoms with E-state index in [2.05, 4.69) is 104 Å². The molecule has 5 aromatic heterocycles. The van der Waals surface area contributed by atoms with Crippen molar-refractivity contribution in [1.29, 1.82) is 0 Å². The summed E-state index contributed by atoms with van der Waals surface area (Å²) in [6.07, 6.45) is 8.05. The number of rotatable bonds is 6. The molecule has 7 rings (SSSR count). The number of hydrogen-bond donors (Lipinski definition) is 0. The Hall–Kier alpha value is -3.65. The second kappa shape index (κ2) is 14.3. The summed E-state index contributed by atoms with van der Waals surface area (Å²) in [7, 11) is 1.99. The Labute approximate surface area is 306 Å². The van der Waals surface area contributed by atoms with Crippen LogP contribution in [0.15, 0.2) is 71.5 Å². The summed E-state index contributed by atoms with van der Waals surface area (Å²) < 4.78 is 9.76. The third-order valence-corrected chi connectivity index (χ3v) is 13.8. The normalized spacial score (nSPS) is 11.9. The van der Waals surface area contributed by atoms with E-state index in [1.807, 2.05) is 49.0 Å². The Morgan fingerprint density at radius 1 is 0.959 bits per heavy atom. The Bertz CT molecular complexity index is 2260. The average Bonchev–Trinajstić information content (AvgIpc) is 3.59. The van der Waals surface area contributed by atoms with Crippen molar-refractivity contribution in [2.24, 2.45) is 12.5 Å². The molecule has 255 valence electrons. The van der Waals surface area contributed by atoms with Crippen LogP contribution >= 0.6 is 0 Å². The van der Waals surface area contributed by atoms with Gasteiger partial charge in [0.05, 0.1) is 28.6 Å². The van der Waals surface area contributed by atoms with Gasteiger partial charge in [0.1, 0.15) is 0 Å². The van der Waals surface area contributed by atoms with E-state index in [9.17, 15) is 0 Å². The van der Waals surface area contributed by atoms with Crippen LogP contribution in [-0.4, -0.2) is 37.8 Å². The van der Waals surface area contributed by atoms with Gasteiger partial charge in [-0.15, -0.1) is 17.7 Å². The van der Waals surface area contributed by atoms with Gasteiger partial charge in [-0.25, -0.2) is 4.98 Å². The van der Waals surface area contributed by atoms with Gasteiger partial charge >= 0.3 is 138 Å². The van der Waals surface area contributed by atoms with Crippen molar-refractivity contribution >= 4 is 50.8 Å². The topological polar surface area (TPSA) is 69.6 Å². The first-order chi connectivity index (χ1) is 22.8. The average molecular weight is 889 g/mol. The van der Waals surface area contributed by atoms with E-state index in [0.29, 0.717) is 11.1 Å². The van der Waals surface area contributed by atoms with Gasteiger partial charge < -0.3 is 8.98 Å². The van der Waals surface area contributed by atoms with Crippen LogP contribution in [0.2, 0.25) is 17.3 Å².